The molecule has 4 aliphatic carbocycles. The summed E-state index contributed by atoms with van der Waals surface area (Å²) in [5.41, 5.74) is 41.0. The number of nitrogens with one attached hydrogen (secondary N) is 4. The van der Waals surface area contributed by atoms with Gasteiger partial charge >= 0.3 is 0 Å². The third-order valence-corrected chi connectivity index (χ3v) is 23.9. The number of nitrogens with two attached hydrogens (primary N) is 4. The molecule has 4 saturated carbocycles. The molecule has 0 radical (unpaired) electrons. The second-order valence-corrected chi connectivity index (χ2v) is 32.9. The molecule has 13 aromatic heterocycles. The van der Waals surface area contributed by atoms with E-state index in [0.717, 1.165) is 176 Å². The van der Waals surface area contributed by atoms with Gasteiger partial charge in [-0.2, -0.15) is 20.4 Å². The number of amides is 4. The fourth-order valence-electron chi connectivity index (χ4n) is 16.4. The SMILES string of the molecule is CCc1cc(C)c(-c2cc3cc(NC(=O)[C@H]4C[C@@H]4c4cnn(C)c4)ncc3c(N)n2)cn1.COc1cccc(-c2cc3cc(NC(=O)[C@@H]4C[C@H]4c4cnn(C)c4)ncc3c(N)n2)c1C.COc1cccc(-c2cc3cc(NC(=O)[C@H]4C[C@@H]4c4cnn(C)c4)ncc3c(N)n2)c1C.Cc1ccccc1C#Cc1cc2cc(NC(=O)[C@@H]3C[C@H]3c3cnn(C)c3)ncc2c(N)n1. The Kier molecular flexibility index (Phi) is 23.3. The lowest BCUT2D eigenvalue weighted by atomic mass is 10.0. The highest BCUT2D eigenvalue weighted by atomic mass is 16.5. The van der Waals surface area contributed by atoms with Crippen LogP contribution in [0.3, 0.4) is 0 Å². The number of nitrogen functional groups attached to an aromatic ring is 4. The number of benzene rings is 3. The van der Waals surface area contributed by atoms with Gasteiger partial charge in [0.05, 0.1) is 56.1 Å². The Morgan fingerprint density at radius 1 is 0.391 bits per heavy atom. The van der Waals surface area contributed by atoms with Crippen molar-refractivity contribution in [3.05, 3.63) is 257 Å². The molecular weight excluding hydrogens is 1610 g/mol. The van der Waals surface area contributed by atoms with Crippen molar-refractivity contribution in [1.82, 2.24) is 84.0 Å². The van der Waals surface area contributed by atoms with E-state index >= 15 is 0 Å². The van der Waals surface area contributed by atoms with Gasteiger partial charge in [0, 0.05) is 168 Å². The van der Waals surface area contributed by atoms with Crippen LogP contribution in [0.2, 0.25) is 0 Å². The van der Waals surface area contributed by atoms with E-state index in [1.807, 2.05) is 221 Å². The predicted octanol–water partition coefficient (Wildman–Crippen LogP) is 14.4. The molecule has 13 heterocycles. The number of anilines is 8. The Bertz CT molecular complexity index is 6920. The number of methoxy groups -OCH3 is 2. The van der Waals surface area contributed by atoms with Gasteiger partial charge in [-0.15, -0.1) is 0 Å². The molecule has 0 bridgehead atoms. The molecule has 0 unspecified atom stereocenters. The lowest BCUT2D eigenvalue weighted by Gasteiger charge is -2.12. The predicted molar refractivity (Wildman–Crippen MR) is 494 cm³/mol. The van der Waals surface area contributed by atoms with Crippen LogP contribution in [0.5, 0.6) is 11.5 Å². The van der Waals surface area contributed by atoms with E-state index in [4.69, 9.17) is 32.4 Å². The topological polar surface area (TPSA) is 426 Å². The molecule has 3 aromatic carbocycles. The highest BCUT2D eigenvalue weighted by molar-refractivity contribution is 6.03. The number of nitrogens with zero attached hydrogens (tertiary/aromatic N) is 17. The van der Waals surface area contributed by atoms with Crippen LogP contribution in [-0.4, -0.2) is 122 Å². The molecule has 644 valence electrons. The summed E-state index contributed by atoms with van der Waals surface area (Å²) in [7, 11) is 10.8. The first-order valence-electron chi connectivity index (χ1n) is 42.0. The summed E-state index contributed by atoms with van der Waals surface area (Å²) >= 11 is 0. The normalized spacial score (nSPS) is 17.3. The summed E-state index contributed by atoms with van der Waals surface area (Å²) in [6.45, 7) is 10.1. The highest BCUT2D eigenvalue weighted by Crippen LogP contribution is 2.51. The quantitative estimate of drug-likeness (QED) is 0.0370. The number of pyridine rings is 9. The average Bonchev–Trinajstić information content (AvgIpc) is 1.24. The zero-order chi connectivity index (χ0) is 89.5. The Hall–Kier alpha value is -15.9. The van der Waals surface area contributed by atoms with Crippen molar-refractivity contribution in [3.63, 3.8) is 0 Å². The van der Waals surface area contributed by atoms with Gasteiger partial charge in [0.2, 0.25) is 23.6 Å². The third kappa shape index (κ3) is 18.4. The maximum atomic E-state index is 12.7. The number of ether oxygens (including phenoxy) is 2. The zero-order valence-corrected chi connectivity index (χ0v) is 72.5. The lowest BCUT2D eigenvalue weighted by molar-refractivity contribution is -0.118. The van der Waals surface area contributed by atoms with E-state index in [1.165, 1.54) is 0 Å². The zero-order valence-electron chi connectivity index (χ0n) is 72.5. The maximum Gasteiger partial charge on any atom is 0.229 e. The molecule has 12 N–H and O–H groups in total. The van der Waals surface area contributed by atoms with Gasteiger partial charge in [-0.3, -0.25) is 42.9 Å². The lowest BCUT2D eigenvalue weighted by Crippen LogP contribution is -2.15. The van der Waals surface area contributed by atoms with Gasteiger partial charge < -0.3 is 53.7 Å². The van der Waals surface area contributed by atoms with Crippen molar-refractivity contribution in [2.24, 2.45) is 51.9 Å². The van der Waals surface area contributed by atoms with E-state index in [0.29, 0.717) is 52.2 Å². The van der Waals surface area contributed by atoms with Gasteiger partial charge in [-0.25, -0.2) is 39.9 Å². The van der Waals surface area contributed by atoms with Crippen LogP contribution in [0.15, 0.2) is 196 Å². The van der Waals surface area contributed by atoms with Crippen molar-refractivity contribution >= 4 is 113 Å². The van der Waals surface area contributed by atoms with Crippen LogP contribution in [0.25, 0.3) is 76.9 Å². The molecule has 4 amide bonds. The Labute approximate surface area is 737 Å². The molecule has 31 heteroatoms. The van der Waals surface area contributed by atoms with Crippen molar-refractivity contribution in [3.8, 4) is 57.1 Å². The summed E-state index contributed by atoms with van der Waals surface area (Å²) in [4.78, 5) is 91.0. The number of carbonyl (C=O) groups excluding carboxylic acids is 4. The second kappa shape index (κ2) is 35.4. The minimum absolute atomic E-state index is 0.0249. The third-order valence-electron chi connectivity index (χ3n) is 23.9. The molecule has 31 nitrogen and oxygen atoms in total. The fourth-order valence-corrected chi connectivity index (χ4v) is 16.4. The van der Waals surface area contributed by atoms with Crippen LogP contribution >= 0.6 is 0 Å². The van der Waals surface area contributed by atoms with Gasteiger partial charge in [-0.1, -0.05) is 55.3 Å². The first-order chi connectivity index (χ1) is 61.8. The summed E-state index contributed by atoms with van der Waals surface area (Å²) in [5, 5.41) is 35.0. The van der Waals surface area contributed by atoms with Crippen LogP contribution in [0.4, 0.5) is 46.5 Å². The van der Waals surface area contributed by atoms with E-state index in [9.17, 15) is 19.2 Å². The number of hydrogen-bond donors (Lipinski definition) is 8. The Morgan fingerprint density at radius 3 is 1.06 bits per heavy atom. The van der Waals surface area contributed by atoms with Crippen molar-refractivity contribution < 1.29 is 28.7 Å². The summed E-state index contributed by atoms with van der Waals surface area (Å²) in [6.07, 6.45) is 27.8. The molecular formula is C97H95N25O6. The minimum Gasteiger partial charge on any atom is -0.496 e. The molecule has 4 fully saturated rings. The van der Waals surface area contributed by atoms with E-state index < -0.39 is 0 Å². The molecule has 8 atom stereocenters. The summed E-state index contributed by atoms with van der Waals surface area (Å²) < 4.78 is 17.9. The van der Waals surface area contributed by atoms with E-state index in [-0.39, 0.29) is 71.0 Å². The molecule has 128 heavy (non-hydrogen) atoms. The number of aryl methyl sites for hydroxylation is 7. The second-order valence-electron chi connectivity index (χ2n) is 32.9. The largest absolute Gasteiger partial charge is 0.496 e. The number of carbonyl (C=O) groups is 4. The number of rotatable bonds is 18. The van der Waals surface area contributed by atoms with Crippen LogP contribution in [-0.2, 0) is 53.8 Å². The van der Waals surface area contributed by atoms with Crippen LogP contribution in [0, 0.1) is 63.2 Å². The van der Waals surface area contributed by atoms with Crippen molar-refractivity contribution in [2.45, 2.75) is 90.4 Å². The number of fused-ring (bicyclic) bond motifs is 4. The minimum atomic E-state index is -0.0609. The van der Waals surface area contributed by atoms with Gasteiger partial charge in [0.1, 0.15) is 63.7 Å². The summed E-state index contributed by atoms with van der Waals surface area (Å²) in [5.74, 6) is 11.9. The van der Waals surface area contributed by atoms with Crippen molar-refractivity contribution in [2.75, 3.05) is 58.4 Å². The fraction of sp³-hybridized carbons (Fsp3) is 0.247. The Balaban J connectivity index is 0.000000120. The molecule has 4 aliphatic rings. The molecule has 20 rings (SSSR count). The Morgan fingerprint density at radius 2 is 0.734 bits per heavy atom. The molecule has 0 saturated heterocycles. The van der Waals surface area contributed by atoms with Crippen molar-refractivity contribution in [1.29, 1.82) is 0 Å². The van der Waals surface area contributed by atoms with Gasteiger partial charge in [0.15, 0.2) is 0 Å². The highest BCUT2D eigenvalue weighted by Gasteiger charge is 2.48. The van der Waals surface area contributed by atoms with Gasteiger partial charge in [-0.05, 0) is 217 Å². The number of hydrogen-bond acceptors (Lipinski definition) is 23. The monoisotopic (exact) mass is 1710 g/mol. The van der Waals surface area contributed by atoms with E-state index in [2.05, 4.69) is 111 Å². The van der Waals surface area contributed by atoms with Gasteiger partial charge in [0.25, 0.3) is 0 Å². The standard InChI is InChI=1S/C25H22N6O.C24H25N7O.2C24H24N6O2/c1-15-5-3-4-6-16(15)7-8-19-9-17-10-23(27-13-22(17)24(26)29-19)30-25(32)21-11-20(21)18-12-28-31(2)14-18;1-4-16-5-13(2)19(10-26-16)21-6-14-7-22(27-11-20(14)23(25)29-21)30-24(32)18-8-17(18)15-9-28-31(3)12-15;2*1-13-16(5-4-6-21(13)32-3)20-7-14-8-22(26-11-19(14)23(25)28-20)29-24(31)18-9-17(18)15-10-27-30(2)12-15/h3-6,9-10,12-14,20-21H,11H2,1-2H3,(H2,26,29)(H,27,30,32);5-7,9-12,17-18H,4,8H2,1-3H3,(H2,25,29)(H,27,30,32);2*4-8,10-12,17-18H,9H2,1-3H3,(H2,25,28)(H,26,29,31)/t20-,21+;3*17-,18+/m0110/s1. The molecule has 0 spiro atoms. The summed E-state index contributed by atoms with van der Waals surface area (Å²) in [6, 6.07) is 36.7. The number of aromatic nitrogens is 17. The first kappa shape index (κ1) is 84.3. The molecule has 0 aliphatic heterocycles. The molecule has 16 aromatic rings. The first-order valence-corrected chi connectivity index (χ1v) is 42.0. The smallest absolute Gasteiger partial charge is 0.229 e. The van der Waals surface area contributed by atoms with E-state index in [1.54, 1.807) is 57.7 Å². The van der Waals surface area contributed by atoms with Crippen LogP contribution in [0.1, 0.15) is 118 Å². The average molecular weight is 1710 g/mol. The maximum absolute atomic E-state index is 12.7. The van der Waals surface area contributed by atoms with Crippen LogP contribution < -0.4 is 53.7 Å².